The molecule has 0 aromatic carbocycles. The molecule has 27 heavy (non-hydrogen) atoms. The van der Waals surface area contributed by atoms with Crippen LogP contribution in [0.25, 0.3) is 16.8 Å². The highest BCUT2D eigenvalue weighted by atomic mass is 16.5. The standard InChI is InChI=1S/C20H20N6O/c1-13-15(4-3-10-22-13)16-7-5-14(26-12-24-25-19(16)26)6-8-17-18(21)9-11-23-20(17)27-2/h3-5,7,9-12H,6,8H2,1-2H3,(H2,21,23). The van der Waals surface area contributed by atoms with Gasteiger partial charge in [-0.25, -0.2) is 4.98 Å². The van der Waals surface area contributed by atoms with Gasteiger partial charge in [-0.3, -0.25) is 9.38 Å². The fourth-order valence-electron chi connectivity index (χ4n) is 3.31. The first-order valence-electron chi connectivity index (χ1n) is 8.70. The summed E-state index contributed by atoms with van der Waals surface area (Å²) in [6.45, 7) is 1.99. The maximum Gasteiger partial charge on any atom is 0.218 e. The number of ether oxygens (including phenoxy) is 1. The van der Waals surface area contributed by atoms with Gasteiger partial charge in [0, 0.05) is 46.2 Å². The molecule has 4 aromatic heterocycles. The molecule has 0 radical (unpaired) electrons. The second-order valence-electron chi connectivity index (χ2n) is 6.29. The fraction of sp³-hybridized carbons (Fsp3) is 0.200. The molecule has 0 bridgehead atoms. The fourth-order valence-corrected chi connectivity index (χ4v) is 3.31. The summed E-state index contributed by atoms with van der Waals surface area (Å²) in [4.78, 5) is 8.63. The van der Waals surface area contributed by atoms with E-state index in [4.69, 9.17) is 10.5 Å². The molecule has 0 fully saturated rings. The molecule has 4 heterocycles. The van der Waals surface area contributed by atoms with E-state index in [0.29, 0.717) is 18.0 Å². The summed E-state index contributed by atoms with van der Waals surface area (Å²) in [7, 11) is 1.61. The van der Waals surface area contributed by atoms with E-state index in [1.807, 2.05) is 23.5 Å². The Labute approximate surface area is 156 Å². The van der Waals surface area contributed by atoms with Crippen LogP contribution in [0.15, 0.2) is 49.1 Å². The summed E-state index contributed by atoms with van der Waals surface area (Å²) in [5.74, 6) is 0.567. The molecule has 0 atom stereocenters. The van der Waals surface area contributed by atoms with Crippen LogP contribution in [0.2, 0.25) is 0 Å². The predicted molar refractivity (Wildman–Crippen MR) is 104 cm³/mol. The van der Waals surface area contributed by atoms with Crippen molar-refractivity contribution in [3.05, 3.63) is 66.0 Å². The smallest absolute Gasteiger partial charge is 0.218 e. The SMILES string of the molecule is COc1nccc(N)c1CCc1ccc(-c2cccnc2C)c2nncn12. The van der Waals surface area contributed by atoms with Crippen LogP contribution >= 0.6 is 0 Å². The third kappa shape index (κ3) is 3.08. The number of hydrogen-bond donors (Lipinski definition) is 1. The Morgan fingerprint density at radius 3 is 2.74 bits per heavy atom. The van der Waals surface area contributed by atoms with Crippen LogP contribution in [-0.4, -0.2) is 31.7 Å². The molecule has 4 aromatic rings. The van der Waals surface area contributed by atoms with Crippen molar-refractivity contribution in [2.75, 3.05) is 12.8 Å². The second-order valence-corrected chi connectivity index (χ2v) is 6.29. The van der Waals surface area contributed by atoms with Crippen LogP contribution in [0.4, 0.5) is 5.69 Å². The molecular formula is C20H20N6O. The van der Waals surface area contributed by atoms with Crippen molar-refractivity contribution in [1.29, 1.82) is 0 Å². The minimum absolute atomic E-state index is 0.567. The highest BCUT2D eigenvalue weighted by Crippen LogP contribution is 2.28. The first-order valence-corrected chi connectivity index (χ1v) is 8.70. The maximum absolute atomic E-state index is 6.11. The molecule has 0 spiro atoms. The zero-order chi connectivity index (χ0) is 18.8. The first-order chi connectivity index (χ1) is 13.2. The lowest BCUT2D eigenvalue weighted by molar-refractivity contribution is 0.392. The van der Waals surface area contributed by atoms with Crippen molar-refractivity contribution in [2.45, 2.75) is 19.8 Å². The van der Waals surface area contributed by atoms with Gasteiger partial charge in [-0.2, -0.15) is 0 Å². The number of methoxy groups -OCH3 is 1. The van der Waals surface area contributed by atoms with Gasteiger partial charge < -0.3 is 10.5 Å². The quantitative estimate of drug-likeness (QED) is 0.588. The molecule has 0 saturated carbocycles. The number of aromatic nitrogens is 5. The highest BCUT2D eigenvalue weighted by Gasteiger charge is 2.14. The van der Waals surface area contributed by atoms with Gasteiger partial charge in [0.1, 0.15) is 6.33 Å². The Kier molecular flexibility index (Phi) is 4.42. The number of aryl methyl sites for hydroxylation is 2. The number of rotatable bonds is 5. The van der Waals surface area contributed by atoms with Crippen molar-refractivity contribution >= 4 is 11.3 Å². The summed E-state index contributed by atoms with van der Waals surface area (Å²) < 4.78 is 7.36. The Morgan fingerprint density at radius 2 is 1.93 bits per heavy atom. The Morgan fingerprint density at radius 1 is 1.04 bits per heavy atom. The minimum Gasteiger partial charge on any atom is -0.481 e. The van der Waals surface area contributed by atoms with Crippen molar-refractivity contribution in [2.24, 2.45) is 0 Å². The van der Waals surface area contributed by atoms with Crippen LogP contribution < -0.4 is 10.5 Å². The first kappa shape index (κ1) is 17.0. The lowest BCUT2D eigenvalue weighted by Gasteiger charge is -2.12. The lowest BCUT2D eigenvalue weighted by Crippen LogP contribution is -2.05. The third-order valence-electron chi connectivity index (χ3n) is 4.71. The zero-order valence-corrected chi connectivity index (χ0v) is 15.3. The van der Waals surface area contributed by atoms with Crippen LogP contribution in [-0.2, 0) is 12.8 Å². The highest BCUT2D eigenvalue weighted by molar-refractivity contribution is 5.78. The van der Waals surface area contributed by atoms with Gasteiger partial charge in [-0.15, -0.1) is 10.2 Å². The predicted octanol–water partition coefficient (Wildman–Crippen LogP) is 2.87. The van der Waals surface area contributed by atoms with E-state index < -0.39 is 0 Å². The lowest BCUT2D eigenvalue weighted by atomic mass is 10.0. The van der Waals surface area contributed by atoms with Crippen LogP contribution in [0.5, 0.6) is 5.88 Å². The van der Waals surface area contributed by atoms with Gasteiger partial charge in [0.15, 0.2) is 5.65 Å². The van der Waals surface area contributed by atoms with Gasteiger partial charge in [0.25, 0.3) is 0 Å². The number of anilines is 1. The molecule has 0 aliphatic rings. The van der Waals surface area contributed by atoms with Crippen molar-refractivity contribution in [3.8, 4) is 17.0 Å². The van der Waals surface area contributed by atoms with E-state index in [1.165, 1.54) is 0 Å². The molecular weight excluding hydrogens is 340 g/mol. The van der Waals surface area contributed by atoms with E-state index >= 15 is 0 Å². The number of fused-ring (bicyclic) bond motifs is 1. The second kappa shape index (κ2) is 7.03. The summed E-state index contributed by atoms with van der Waals surface area (Å²) in [5.41, 5.74) is 12.6. The minimum atomic E-state index is 0.567. The molecule has 0 unspecified atom stereocenters. The normalized spacial score (nSPS) is 11.0. The van der Waals surface area contributed by atoms with Gasteiger partial charge in [0.2, 0.25) is 5.88 Å². The van der Waals surface area contributed by atoms with Gasteiger partial charge >= 0.3 is 0 Å². The van der Waals surface area contributed by atoms with E-state index in [-0.39, 0.29) is 0 Å². The Hall–Kier alpha value is -3.48. The molecule has 0 aliphatic heterocycles. The number of nitrogens with two attached hydrogens (primary N) is 1. The summed E-state index contributed by atoms with van der Waals surface area (Å²) in [5, 5.41) is 8.44. The monoisotopic (exact) mass is 360 g/mol. The summed E-state index contributed by atoms with van der Waals surface area (Å²) in [6.07, 6.45) is 6.65. The number of pyridine rings is 3. The molecule has 2 N–H and O–H groups in total. The molecule has 4 rings (SSSR count). The van der Waals surface area contributed by atoms with Gasteiger partial charge in [-0.05, 0) is 44.0 Å². The Balaban J connectivity index is 1.70. The van der Waals surface area contributed by atoms with Gasteiger partial charge in [-0.1, -0.05) is 6.07 Å². The maximum atomic E-state index is 6.11. The van der Waals surface area contributed by atoms with Gasteiger partial charge in [0.05, 0.1) is 7.11 Å². The topological polar surface area (TPSA) is 91.2 Å². The largest absolute Gasteiger partial charge is 0.481 e. The molecule has 136 valence electrons. The van der Waals surface area contributed by atoms with E-state index in [2.05, 4.69) is 32.3 Å². The van der Waals surface area contributed by atoms with Crippen molar-refractivity contribution in [1.82, 2.24) is 24.6 Å². The summed E-state index contributed by atoms with van der Waals surface area (Å²) in [6, 6.07) is 9.94. The zero-order valence-electron chi connectivity index (χ0n) is 15.3. The number of hydrogen-bond acceptors (Lipinski definition) is 6. The molecule has 7 heteroatoms. The van der Waals surface area contributed by atoms with E-state index in [0.717, 1.165) is 40.1 Å². The van der Waals surface area contributed by atoms with Crippen LogP contribution in [0, 0.1) is 6.92 Å². The molecule has 0 saturated heterocycles. The third-order valence-corrected chi connectivity index (χ3v) is 4.71. The van der Waals surface area contributed by atoms with Crippen molar-refractivity contribution < 1.29 is 4.74 Å². The molecule has 0 aliphatic carbocycles. The molecule has 0 amide bonds. The molecule has 7 nitrogen and oxygen atoms in total. The average Bonchev–Trinajstić information content (AvgIpc) is 3.17. The van der Waals surface area contributed by atoms with Crippen molar-refractivity contribution in [3.63, 3.8) is 0 Å². The van der Waals surface area contributed by atoms with Crippen LogP contribution in [0.3, 0.4) is 0 Å². The Bertz CT molecular complexity index is 1100. The number of nitrogen functional groups attached to an aromatic ring is 1. The summed E-state index contributed by atoms with van der Waals surface area (Å²) >= 11 is 0. The van der Waals surface area contributed by atoms with Crippen LogP contribution in [0.1, 0.15) is 17.0 Å². The number of nitrogens with zero attached hydrogens (tertiary/aromatic N) is 5. The van der Waals surface area contributed by atoms with E-state index in [1.54, 1.807) is 31.9 Å². The average molecular weight is 360 g/mol. The van der Waals surface area contributed by atoms with E-state index in [9.17, 15) is 0 Å².